The number of imidazole rings is 1. The second kappa shape index (κ2) is 23.4. The lowest BCUT2D eigenvalue weighted by Gasteiger charge is -2.39. The first kappa shape index (κ1) is 56.4. The average Bonchev–Trinajstić information content (AvgIpc) is 4.17. The Hall–Kier alpha value is -5.45. The van der Waals surface area contributed by atoms with E-state index in [2.05, 4.69) is 66.4 Å². The van der Waals surface area contributed by atoms with Crippen LogP contribution in [-0.4, -0.2) is 128 Å². The zero-order chi connectivity index (χ0) is 55.9. The summed E-state index contributed by atoms with van der Waals surface area (Å²) in [5.41, 5.74) is 11.2. The molecule has 6 atom stereocenters. The highest BCUT2D eigenvalue weighted by atomic mass is 31.3. The van der Waals surface area contributed by atoms with Crippen LogP contribution < -0.4 is 40.3 Å². The minimum absolute atomic E-state index is 0.0339. The van der Waals surface area contributed by atoms with Crippen molar-refractivity contribution in [3.63, 3.8) is 0 Å². The fraction of sp³-hybridized carbons (Fsp3) is 0.509. The molecule has 0 spiro atoms. The van der Waals surface area contributed by atoms with E-state index in [0.29, 0.717) is 55.0 Å². The van der Waals surface area contributed by atoms with E-state index >= 15 is 0 Å². The SMILES string of the molecule is CN(CCCC(=O)NCCCCCCNc1ncnc2c1ncn2[C@H]1C[C@H](O)[C@@H](COP(=O)(O)OP(=O)(O)OP(=O)([O-])O)O1)C(=O)c1ccccc1C1=c2cc3c4c(c2Oc2c1cc1c5c2CCCN5CCC1)CCC[N+]=4CCC3. The van der Waals surface area contributed by atoms with Crippen molar-refractivity contribution in [2.75, 3.05) is 69.7 Å². The molecule has 6 aliphatic rings. The van der Waals surface area contributed by atoms with Crippen molar-refractivity contribution >= 4 is 63.5 Å². The van der Waals surface area contributed by atoms with Crippen LogP contribution in [0.3, 0.4) is 0 Å². The van der Waals surface area contributed by atoms with Crippen molar-refractivity contribution in [1.82, 2.24) is 34.3 Å². The number of fused-ring (bicyclic) bond motifs is 5. The van der Waals surface area contributed by atoms with E-state index in [9.17, 15) is 43.1 Å². The van der Waals surface area contributed by atoms with Crippen LogP contribution in [0.5, 0.6) is 11.5 Å². The molecule has 3 unspecified atom stereocenters. The average molecular weight is 1160 g/mol. The van der Waals surface area contributed by atoms with Crippen molar-refractivity contribution in [2.45, 2.75) is 115 Å². The van der Waals surface area contributed by atoms with E-state index in [4.69, 9.17) is 14.4 Å². The second-order valence-corrected chi connectivity index (χ2v) is 25.6. The van der Waals surface area contributed by atoms with Crippen LogP contribution in [0.1, 0.15) is 121 Å². The summed E-state index contributed by atoms with van der Waals surface area (Å²) >= 11 is 0. The van der Waals surface area contributed by atoms with Gasteiger partial charge in [0.15, 0.2) is 17.0 Å². The van der Waals surface area contributed by atoms with Gasteiger partial charge < -0.3 is 54.6 Å². The maximum Gasteiger partial charge on any atom is 0.487 e. The first-order valence-electron chi connectivity index (χ1n) is 27.5. The lowest BCUT2D eigenvalue weighted by Crippen LogP contribution is -2.45. The second-order valence-electron chi connectivity index (χ2n) is 21.3. The number of unbranched alkanes of at least 4 members (excludes halogenated alkanes) is 3. The van der Waals surface area contributed by atoms with Crippen LogP contribution in [0, 0.1) is 0 Å². The number of phosphoric ester groups is 1. The molecule has 6 aliphatic heterocycles. The normalized spacial score (nSPS) is 21.3. The quantitative estimate of drug-likeness (QED) is 0.0314. The molecule has 80 heavy (non-hydrogen) atoms. The number of aromatic nitrogens is 4. The molecule has 8 heterocycles. The molecule has 0 aliphatic carbocycles. The van der Waals surface area contributed by atoms with Gasteiger partial charge in [-0.15, -0.1) is 0 Å². The van der Waals surface area contributed by atoms with Crippen LogP contribution in [-0.2, 0) is 62.1 Å². The number of amides is 2. The van der Waals surface area contributed by atoms with Crippen LogP contribution in [0.2, 0.25) is 0 Å². The number of aliphatic hydroxyl groups is 1. The standard InChI is InChI=1S/C53H66N9O15P3/c1-59(53(65)36-16-5-4-15-35(36)45-39-27-33-13-8-23-60-25-10-17-37(47(33)60)49(39)75-50-38-18-11-26-61-24-9-14-34(48(38)61)28-40(45)50)22-12-19-43(64)54-20-6-2-3-7-21-55-51-46-52(57-31-56-51)62(32-58-46)44-29-41(63)42(74-44)30-73-79(69,70)77-80(71,72)76-78(66,67)68/h4-5,15-16,27-28,31-32,41-42,44,63H,2-3,6-14,17-26,29-30H2,1H3,(H5-,54,55,56,57,64,66,67,68,69,70,71,72)/t41-,42+,44+/m0/s1. The van der Waals surface area contributed by atoms with Crippen LogP contribution in [0.4, 0.5) is 11.5 Å². The highest BCUT2D eigenvalue weighted by molar-refractivity contribution is 7.66. The number of phosphoric acid groups is 3. The molecule has 0 radical (unpaired) electrons. The monoisotopic (exact) mass is 1160 g/mol. The maximum absolute atomic E-state index is 14.6. The van der Waals surface area contributed by atoms with E-state index in [0.717, 1.165) is 137 Å². The van der Waals surface area contributed by atoms with Gasteiger partial charge in [0.05, 0.1) is 24.6 Å². The highest BCUT2D eigenvalue weighted by Crippen LogP contribution is 2.65. The van der Waals surface area contributed by atoms with Gasteiger partial charge in [-0.25, -0.2) is 33.0 Å². The molecule has 2 aromatic heterocycles. The van der Waals surface area contributed by atoms with Gasteiger partial charge in [-0.3, -0.25) is 23.2 Å². The summed E-state index contributed by atoms with van der Waals surface area (Å²) in [4.78, 5) is 83.6. The van der Waals surface area contributed by atoms with Crippen LogP contribution in [0.25, 0.3) is 16.7 Å². The lowest BCUT2D eigenvalue weighted by molar-refractivity contribution is -0.212. The van der Waals surface area contributed by atoms with E-state index in [1.54, 1.807) is 4.90 Å². The Balaban J connectivity index is 0.653. The minimum Gasteiger partial charge on any atom is -0.756 e. The molecule has 0 bridgehead atoms. The number of benzene rings is 3. The Morgan fingerprint density at radius 2 is 1.61 bits per heavy atom. The van der Waals surface area contributed by atoms with Gasteiger partial charge in [0, 0.05) is 104 Å². The number of aliphatic hydroxyl groups excluding tert-OH is 1. The molecule has 24 nitrogen and oxygen atoms in total. The molecule has 27 heteroatoms. The zero-order valence-corrected chi connectivity index (χ0v) is 47.0. The van der Waals surface area contributed by atoms with Gasteiger partial charge in [-0.1, -0.05) is 31.0 Å². The minimum atomic E-state index is -5.82. The number of hydrogen-bond donors (Lipinski definition) is 6. The number of hydrogen-bond acceptors (Lipinski definition) is 17. The first-order chi connectivity index (χ1) is 38.4. The number of carbonyl (C=O) groups excluding carboxylic acids is 2. The fourth-order valence-electron chi connectivity index (χ4n) is 12.3. The lowest BCUT2D eigenvalue weighted by atomic mass is 9.81. The first-order valence-corrected chi connectivity index (χ1v) is 32.0. The largest absolute Gasteiger partial charge is 0.756 e. The molecular formula is C53H66N9O15P3. The zero-order valence-electron chi connectivity index (χ0n) is 44.4. The molecule has 5 aromatic rings. The van der Waals surface area contributed by atoms with Crippen molar-refractivity contribution in [1.29, 1.82) is 0 Å². The molecule has 0 saturated carbocycles. The van der Waals surface area contributed by atoms with E-state index in [1.807, 2.05) is 25.2 Å². The van der Waals surface area contributed by atoms with Gasteiger partial charge in [0.2, 0.25) is 11.3 Å². The number of aryl methyl sites for hydroxylation is 2. The van der Waals surface area contributed by atoms with Crippen LogP contribution >= 0.6 is 23.5 Å². The highest BCUT2D eigenvalue weighted by Gasteiger charge is 2.42. The molecular weight excluding hydrogens is 1100 g/mol. The van der Waals surface area contributed by atoms with Crippen molar-refractivity contribution in [2.24, 2.45) is 0 Å². The predicted octanol–water partition coefficient (Wildman–Crippen LogP) is 4.26. The van der Waals surface area contributed by atoms with E-state index in [-0.39, 0.29) is 18.2 Å². The maximum atomic E-state index is 14.6. The number of ether oxygens (including phenoxy) is 2. The third-order valence-corrected chi connectivity index (χ3v) is 19.5. The van der Waals surface area contributed by atoms with Gasteiger partial charge >= 0.3 is 15.6 Å². The summed E-state index contributed by atoms with van der Waals surface area (Å²) < 4.78 is 63.7. The summed E-state index contributed by atoms with van der Waals surface area (Å²) in [6.45, 7) is 4.96. The summed E-state index contributed by atoms with van der Waals surface area (Å²) in [6, 6.07) is 12.8. The molecule has 428 valence electrons. The van der Waals surface area contributed by atoms with Crippen molar-refractivity contribution in [3.8, 4) is 11.5 Å². The number of rotatable bonds is 22. The number of nitrogens with zero attached hydrogens (tertiary/aromatic N) is 7. The Morgan fingerprint density at radius 3 is 2.42 bits per heavy atom. The van der Waals surface area contributed by atoms with Gasteiger partial charge in [-0.05, 0) is 87.1 Å². The summed E-state index contributed by atoms with van der Waals surface area (Å²) in [5, 5.41) is 19.4. The van der Waals surface area contributed by atoms with Crippen molar-refractivity contribution in [3.05, 3.63) is 98.6 Å². The third-order valence-electron chi connectivity index (χ3n) is 15.8. The number of anilines is 2. The van der Waals surface area contributed by atoms with Gasteiger partial charge in [0.1, 0.15) is 43.2 Å². The molecule has 1 fully saturated rings. The smallest absolute Gasteiger partial charge is 0.487 e. The van der Waals surface area contributed by atoms with Crippen molar-refractivity contribution < 1.29 is 70.6 Å². The number of nitrogens with one attached hydrogen (secondary N) is 2. The Bertz CT molecular complexity index is 3520. The van der Waals surface area contributed by atoms with Crippen LogP contribution in [0.15, 0.2) is 49.1 Å². The predicted molar refractivity (Wildman–Crippen MR) is 290 cm³/mol. The van der Waals surface area contributed by atoms with Gasteiger partial charge in [-0.2, -0.15) is 4.31 Å². The van der Waals surface area contributed by atoms with E-state index in [1.165, 1.54) is 50.5 Å². The molecule has 3 aromatic carbocycles. The number of carbonyl (C=O) groups is 2. The third kappa shape index (κ3) is 12.1. The van der Waals surface area contributed by atoms with E-state index < -0.39 is 48.5 Å². The Labute approximate surface area is 461 Å². The molecule has 2 amide bonds. The Kier molecular flexibility index (Phi) is 16.5. The molecule has 6 N–H and O–H groups in total. The summed E-state index contributed by atoms with van der Waals surface area (Å²) in [7, 11) is -15.2. The fourth-order valence-corrected chi connectivity index (χ4v) is 15.3. The summed E-state index contributed by atoms with van der Waals surface area (Å²) in [6.07, 6.45) is 11.9. The summed E-state index contributed by atoms with van der Waals surface area (Å²) in [5.74, 6) is 2.24. The van der Waals surface area contributed by atoms with Gasteiger partial charge in [0.25, 0.3) is 13.7 Å². The molecule has 1 saturated heterocycles. The topological polar surface area (TPSA) is 313 Å². The Morgan fingerprint density at radius 1 is 0.863 bits per heavy atom. The molecule has 11 rings (SSSR count).